The van der Waals surface area contributed by atoms with E-state index in [0.29, 0.717) is 0 Å². The van der Waals surface area contributed by atoms with Crippen LogP contribution in [0.4, 0.5) is 0 Å². The Morgan fingerprint density at radius 2 is 2.17 bits per heavy atom. The molecule has 10 nitrogen and oxygen atoms in total. The highest BCUT2D eigenvalue weighted by molar-refractivity contribution is 7.71. The van der Waals surface area contributed by atoms with Crippen LogP contribution in [0.5, 0.6) is 0 Å². The van der Waals surface area contributed by atoms with Gasteiger partial charge in [-0.2, -0.15) is 0 Å². The Morgan fingerprint density at radius 3 is 2.78 bits per heavy atom. The lowest BCUT2D eigenvalue weighted by Gasteiger charge is -2.19. The maximum absolute atomic E-state index is 11.7. The van der Waals surface area contributed by atoms with E-state index in [9.17, 15) is 19.8 Å². The van der Waals surface area contributed by atoms with Crippen LogP contribution in [0.15, 0.2) is 11.0 Å². The summed E-state index contributed by atoms with van der Waals surface area (Å²) < 4.78 is 11.6. The zero-order valence-electron chi connectivity index (χ0n) is 11.9. The van der Waals surface area contributed by atoms with Crippen molar-refractivity contribution in [3.05, 3.63) is 26.9 Å². The van der Waals surface area contributed by atoms with E-state index in [1.165, 1.54) is 10.8 Å². The predicted octanol–water partition coefficient (Wildman–Crippen LogP) is -1.92. The number of aliphatic hydroxyl groups is 2. The van der Waals surface area contributed by atoms with Gasteiger partial charge in [0.15, 0.2) is 11.0 Å². The molecule has 23 heavy (non-hydrogen) atoms. The van der Waals surface area contributed by atoms with Crippen LogP contribution in [0, 0.1) is 4.77 Å². The summed E-state index contributed by atoms with van der Waals surface area (Å²) in [6.07, 6.45) is -3.83. The molecule has 0 unspecified atom stereocenters. The second-order valence-electron chi connectivity index (χ2n) is 4.98. The van der Waals surface area contributed by atoms with Gasteiger partial charge in [-0.15, -0.1) is 0 Å². The Morgan fingerprint density at radius 1 is 1.48 bits per heavy atom. The van der Waals surface area contributed by atoms with Crippen LogP contribution >= 0.6 is 12.2 Å². The number of hydrogen-bond acceptors (Lipinski definition) is 8. The van der Waals surface area contributed by atoms with Crippen LogP contribution in [0.25, 0.3) is 0 Å². The van der Waals surface area contributed by atoms with Gasteiger partial charge in [0.05, 0.1) is 19.8 Å². The molecule has 6 N–H and O–H groups in total. The minimum Gasteiger partial charge on any atom is -0.481 e. The summed E-state index contributed by atoms with van der Waals surface area (Å²) in [4.78, 5) is 24.8. The zero-order chi connectivity index (χ0) is 17.1. The van der Waals surface area contributed by atoms with Gasteiger partial charge >= 0.3 is 5.97 Å². The third-order valence-corrected chi connectivity index (χ3v) is 3.71. The molecule has 0 aromatic carbocycles. The van der Waals surface area contributed by atoms with E-state index < -0.39 is 42.5 Å². The number of aliphatic hydroxyl groups excluding tert-OH is 2. The first-order valence-electron chi connectivity index (χ1n) is 6.70. The summed E-state index contributed by atoms with van der Waals surface area (Å²) in [6, 6.07) is 0. The number of nitrogens with two attached hydrogens (primary N) is 1. The summed E-state index contributed by atoms with van der Waals surface area (Å²) in [5, 5.41) is 28.9. The van der Waals surface area contributed by atoms with Crippen LogP contribution in [0.3, 0.4) is 0 Å². The van der Waals surface area contributed by atoms with Crippen LogP contribution in [0.1, 0.15) is 11.8 Å². The number of nitrogens with one attached hydrogen (secondary N) is 1. The number of ether oxygens (including phenoxy) is 2. The molecule has 0 bridgehead atoms. The number of carboxylic acids is 1. The first kappa shape index (κ1) is 17.7. The molecule has 1 fully saturated rings. The first-order valence-corrected chi connectivity index (χ1v) is 7.11. The second-order valence-corrected chi connectivity index (χ2v) is 5.36. The van der Waals surface area contributed by atoms with Crippen molar-refractivity contribution in [3.63, 3.8) is 0 Å². The van der Waals surface area contributed by atoms with E-state index in [1.807, 2.05) is 0 Å². The quantitative estimate of drug-likeness (QED) is 0.292. The van der Waals surface area contributed by atoms with Gasteiger partial charge in [0, 0.05) is 11.8 Å². The van der Waals surface area contributed by atoms with E-state index in [4.69, 9.17) is 32.5 Å². The molecule has 0 radical (unpaired) electrons. The van der Waals surface area contributed by atoms with Crippen LogP contribution in [0.2, 0.25) is 0 Å². The van der Waals surface area contributed by atoms with Crippen molar-refractivity contribution in [2.45, 2.75) is 31.0 Å². The monoisotopic (exact) mass is 347 g/mol. The van der Waals surface area contributed by atoms with Gasteiger partial charge in [-0.05, 0) is 12.2 Å². The summed E-state index contributed by atoms with van der Waals surface area (Å²) in [6.45, 7) is -0.113. The average molecular weight is 347 g/mol. The van der Waals surface area contributed by atoms with Crippen molar-refractivity contribution in [2.75, 3.05) is 13.3 Å². The lowest BCUT2D eigenvalue weighted by Crippen LogP contribution is -2.34. The number of aliphatic carboxylic acids is 1. The van der Waals surface area contributed by atoms with Crippen LogP contribution in [-0.4, -0.2) is 62.5 Å². The topological polar surface area (TPSA) is 160 Å². The molecule has 0 aliphatic carbocycles. The molecule has 0 amide bonds. The number of H-pyrrole nitrogens is 1. The number of aromatic amines is 1. The number of hydrogen-bond donors (Lipinski definition) is 5. The standard InChI is InChI=1S/C12H17N3O7S/c13-4-21-3-6-8(18)9(19)11(22-6)15-2-5(1-7(16)17)10(20)14-12(15)23/h2,6,8-9,11,18-19H,1,3-4,13H2,(H,16,17)(H,14,20,23)/t6-,8-,9-,11-/m1/s1. The minimum absolute atomic E-state index is 0.0378. The fourth-order valence-corrected chi connectivity index (χ4v) is 2.54. The molecule has 1 aromatic heterocycles. The van der Waals surface area contributed by atoms with E-state index in [-0.39, 0.29) is 23.7 Å². The Bertz CT molecular complexity index is 688. The van der Waals surface area contributed by atoms with E-state index >= 15 is 0 Å². The van der Waals surface area contributed by atoms with Gasteiger partial charge in [-0.25, -0.2) is 0 Å². The Kier molecular flexibility index (Phi) is 5.62. The lowest BCUT2D eigenvalue weighted by molar-refractivity contribution is -0.136. The van der Waals surface area contributed by atoms with Crippen molar-refractivity contribution in [3.8, 4) is 0 Å². The maximum atomic E-state index is 11.7. The van der Waals surface area contributed by atoms with Crippen LogP contribution in [-0.2, 0) is 20.7 Å². The van der Waals surface area contributed by atoms with Gasteiger partial charge < -0.3 is 30.5 Å². The molecule has 4 atom stereocenters. The fourth-order valence-electron chi connectivity index (χ4n) is 2.29. The first-order chi connectivity index (χ1) is 10.8. The van der Waals surface area contributed by atoms with Gasteiger partial charge in [0.25, 0.3) is 5.56 Å². The summed E-state index contributed by atoms with van der Waals surface area (Å²) >= 11 is 5.00. The normalized spacial score (nSPS) is 27.3. The Hall–Kier alpha value is -1.63. The van der Waals surface area contributed by atoms with Gasteiger partial charge in [0.2, 0.25) is 0 Å². The summed E-state index contributed by atoms with van der Waals surface area (Å²) in [7, 11) is 0. The second kappa shape index (κ2) is 7.29. The third kappa shape index (κ3) is 3.83. The smallest absolute Gasteiger partial charge is 0.308 e. The van der Waals surface area contributed by atoms with Gasteiger partial charge in [0.1, 0.15) is 18.3 Å². The molecule has 2 rings (SSSR count). The summed E-state index contributed by atoms with van der Waals surface area (Å²) in [5.74, 6) is -1.19. The molecule has 0 saturated carbocycles. The van der Waals surface area contributed by atoms with Gasteiger partial charge in [-0.1, -0.05) is 0 Å². The number of nitrogens with zero attached hydrogens (tertiary/aromatic N) is 1. The van der Waals surface area contributed by atoms with Crippen molar-refractivity contribution in [1.82, 2.24) is 9.55 Å². The van der Waals surface area contributed by atoms with E-state index in [1.54, 1.807) is 0 Å². The van der Waals surface area contributed by atoms with Crippen molar-refractivity contribution in [1.29, 1.82) is 0 Å². The zero-order valence-corrected chi connectivity index (χ0v) is 12.7. The van der Waals surface area contributed by atoms with E-state index in [2.05, 4.69) is 4.98 Å². The number of carbonyl (C=O) groups is 1. The summed E-state index contributed by atoms with van der Waals surface area (Å²) in [5.41, 5.74) is 4.51. The van der Waals surface area contributed by atoms with Crippen molar-refractivity contribution in [2.24, 2.45) is 5.73 Å². The highest BCUT2D eigenvalue weighted by Gasteiger charge is 2.43. The van der Waals surface area contributed by atoms with Crippen LogP contribution < -0.4 is 11.3 Å². The molecule has 1 saturated heterocycles. The van der Waals surface area contributed by atoms with Crippen molar-refractivity contribution >= 4 is 18.2 Å². The molecular weight excluding hydrogens is 330 g/mol. The largest absolute Gasteiger partial charge is 0.481 e. The molecule has 128 valence electrons. The Labute approximate surface area is 135 Å². The number of aromatic nitrogens is 2. The SMILES string of the molecule is NCOC[C@H]1O[C@@H](n2cc(CC(=O)O)c(=O)[nH]c2=S)[C@H](O)[C@@H]1O. The third-order valence-electron chi connectivity index (χ3n) is 3.39. The number of carboxylic acid groups (broad SMARTS) is 1. The highest BCUT2D eigenvalue weighted by atomic mass is 32.1. The van der Waals surface area contributed by atoms with Gasteiger partial charge in [-0.3, -0.25) is 19.1 Å². The Balaban J connectivity index is 2.32. The number of rotatable bonds is 6. The average Bonchev–Trinajstić information content (AvgIpc) is 2.75. The molecule has 1 aliphatic heterocycles. The maximum Gasteiger partial charge on any atom is 0.308 e. The molecule has 11 heteroatoms. The minimum atomic E-state index is -1.34. The lowest BCUT2D eigenvalue weighted by atomic mass is 10.1. The highest BCUT2D eigenvalue weighted by Crippen LogP contribution is 2.29. The molecule has 1 aliphatic rings. The molecule has 1 aromatic rings. The van der Waals surface area contributed by atoms with Crippen molar-refractivity contribution < 1.29 is 29.6 Å². The van der Waals surface area contributed by atoms with E-state index in [0.717, 1.165) is 0 Å². The molecule has 0 spiro atoms. The molecule has 2 heterocycles. The fraction of sp³-hybridized carbons (Fsp3) is 0.583. The predicted molar refractivity (Wildman–Crippen MR) is 78.2 cm³/mol. The molecular formula is C12H17N3O7S.